The molecule has 0 aliphatic rings. The van der Waals surface area contributed by atoms with Crippen molar-refractivity contribution in [1.82, 2.24) is 4.90 Å². The van der Waals surface area contributed by atoms with E-state index in [0.717, 1.165) is 21.0 Å². The second kappa shape index (κ2) is 10.8. The van der Waals surface area contributed by atoms with E-state index in [0.29, 0.717) is 19.7 Å². The van der Waals surface area contributed by atoms with Crippen LogP contribution in [0.4, 0.5) is 5.69 Å². The summed E-state index contributed by atoms with van der Waals surface area (Å²) in [5.41, 5.74) is 1.91. The minimum absolute atomic E-state index is 0.0149. The Morgan fingerprint density at radius 1 is 1.19 bits per heavy atom. The first-order valence-corrected chi connectivity index (χ1v) is 9.83. The number of aryl methyl sites for hydroxylation is 1. The van der Waals surface area contributed by atoms with E-state index in [1.165, 1.54) is 0 Å². The molecule has 2 rings (SSSR count). The molecule has 0 spiro atoms. The van der Waals surface area contributed by atoms with Gasteiger partial charge in [-0.15, -0.1) is 11.3 Å². The maximum atomic E-state index is 12.7. The van der Waals surface area contributed by atoms with Gasteiger partial charge in [0.25, 0.3) is 11.8 Å². The van der Waals surface area contributed by atoms with Gasteiger partial charge in [0, 0.05) is 24.2 Å². The molecule has 1 atom stereocenters. The standard InChI is InChI=1S/C20H27N3O3S/c1-16-6-8-17(9-7-16)21-19(24)14-22(2)15-20(25)23(10-11-26-3)13-18-5-4-12-27-18/h4-9,12H,10-11,13-15H2,1-3H3,(H,21,24)/p+1. The molecule has 0 saturated heterocycles. The summed E-state index contributed by atoms with van der Waals surface area (Å²) >= 11 is 1.63. The molecular weight excluding hydrogens is 362 g/mol. The average Bonchev–Trinajstić information content (AvgIpc) is 3.13. The lowest BCUT2D eigenvalue weighted by atomic mass is 10.2. The van der Waals surface area contributed by atoms with Crippen molar-refractivity contribution in [1.29, 1.82) is 0 Å². The second-order valence-electron chi connectivity index (χ2n) is 6.61. The summed E-state index contributed by atoms with van der Waals surface area (Å²) in [7, 11) is 3.48. The Labute approximate surface area is 164 Å². The molecule has 2 N–H and O–H groups in total. The monoisotopic (exact) mass is 390 g/mol. The number of hydrogen-bond donors (Lipinski definition) is 2. The van der Waals surface area contributed by atoms with E-state index in [9.17, 15) is 9.59 Å². The smallest absolute Gasteiger partial charge is 0.279 e. The van der Waals surface area contributed by atoms with Crippen LogP contribution in [0.3, 0.4) is 0 Å². The summed E-state index contributed by atoms with van der Waals surface area (Å²) in [4.78, 5) is 28.7. The lowest BCUT2D eigenvalue weighted by Gasteiger charge is -2.23. The van der Waals surface area contributed by atoms with Crippen LogP contribution in [-0.2, 0) is 20.9 Å². The molecule has 0 radical (unpaired) electrons. The maximum absolute atomic E-state index is 12.7. The zero-order chi connectivity index (χ0) is 19.6. The lowest BCUT2D eigenvalue weighted by Crippen LogP contribution is -3.11. The Hall–Kier alpha value is -2.22. The van der Waals surface area contributed by atoms with Crippen LogP contribution >= 0.6 is 11.3 Å². The number of benzene rings is 1. The fraction of sp³-hybridized carbons (Fsp3) is 0.400. The summed E-state index contributed by atoms with van der Waals surface area (Å²) in [6, 6.07) is 11.7. The molecule has 0 aliphatic heterocycles. The molecule has 0 bridgehead atoms. The molecule has 2 aromatic rings. The predicted octanol–water partition coefficient (Wildman–Crippen LogP) is 1.18. The zero-order valence-electron chi connectivity index (χ0n) is 16.2. The van der Waals surface area contributed by atoms with Gasteiger partial charge in [0.05, 0.1) is 20.2 Å². The number of carbonyl (C=O) groups is 2. The van der Waals surface area contributed by atoms with E-state index < -0.39 is 0 Å². The Morgan fingerprint density at radius 2 is 1.93 bits per heavy atom. The highest BCUT2D eigenvalue weighted by Gasteiger charge is 2.20. The quantitative estimate of drug-likeness (QED) is 0.641. The predicted molar refractivity (Wildman–Crippen MR) is 108 cm³/mol. The van der Waals surface area contributed by atoms with Crippen LogP contribution in [0.15, 0.2) is 41.8 Å². The number of rotatable bonds is 10. The van der Waals surface area contributed by atoms with Crippen LogP contribution in [0.2, 0.25) is 0 Å². The van der Waals surface area contributed by atoms with Gasteiger partial charge in [0.15, 0.2) is 13.1 Å². The molecule has 146 valence electrons. The number of carbonyl (C=O) groups excluding carboxylic acids is 2. The number of ether oxygens (including phenoxy) is 1. The number of nitrogens with one attached hydrogen (secondary N) is 2. The van der Waals surface area contributed by atoms with Gasteiger partial charge < -0.3 is 19.9 Å². The summed E-state index contributed by atoms with van der Waals surface area (Å²) in [6.07, 6.45) is 0. The van der Waals surface area contributed by atoms with Crippen molar-refractivity contribution in [3.63, 3.8) is 0 Å². The molecule has 1 aromatic heterocycles. The SMILES string of the molecule is COCCN(Cc1cccs1)C(=O)C[NH+](C)CC(=O)Nc1ccc(C)cc1. The van der Waals surface area contributed by atoms with Crippen molar-refractivity contribution < 1.29 is 19.2 Å². The number of thiophene rings is 1. The number of anilines is 1. The first kappa shape index (κ1) is 21.1. The van der Waals surface area contributed by atoms with Gasteiger partial charge in [-0.1, -0.05) is 23.8 Å². The van der Waals surface area contributed by atoms with Gasteiger partial charge in [0.2, 0.25) is 0 Å². The molecule has 7 heteroatoms. The van der Waals surface area contributed by atoms with Crippen molar-refractivity contribution in [2.75, 3.05) is 45.7 Å². The van der Waals surface area contributed by atoms with E-state index in [1.54, 1.807) is 23.3 Å². The normalized spacial score (nSPS) is 11.8. The molecule has 27 heavy (non-hydrogen) atoms. The van der Waals surface area contributed by atoms with Crippen LogP contribution in [0.25, 0.3) is 0 Å². The first-order chi connectivity index (χ1) is 13.0. The van der Waals surface area contributed by atoms with Gasteiger partial charge >= 0.3 is 0 Å². The number of amides is 2. The number of nitrogens with zero attached hydrogens (tertiary/aromatic N) is 1. The van der Waals surface area contributed by atoms with Crippen molar-refractivity contribution in [2.45, 2.75) is 13.5 Å². The minimum Gasteiger partial charge on any atom is -0.383 e. The molecule has 1 aromatic carbocycles. The van der Waals surface area contributed by atoms with Gasteiger partial charge in [0.1, 0.15) is 0 Å². The first-order valence-electron chi connectivity index (χ1n) is 8.95. The minimum atomic E-state index is -0.106. The summed E-state index contributed by atoms with van der Waals surface area (Å²) in [5, 5.41) is 4.87. The highest BCUT2D eigenvalue weighted by Crippen LogP contribution is 2.11. The van der Waals surface area contributed by atoms with E-state index >= 15 is 0 Å². The van der Waals surface area contributed by atoms with E-state index in [1.807, 2.05) is 55.7 Å². The van der Waals surface area contributed by atoms with Crippen LogP contribution in [-0.4, -0.2) is 57.1 Å². The van der Waals surface area contributed by atoms with Crippen molar-refractivity contribution in [2.24, 2.45) is 0 Å². The average molecular weight is 391 g/mol. The number of hydrogen-bond acceptors (Lipinski definition) is 4. The molecule has 1 heterocycles. The highest BCUT2D eigenvalue weighted by atomic mass is 32.1. The summed E-state index contributed by atoms with van der Waals surface area (Å²) < 4.78 is 5.12. The summed E-state index contributed by atoms with van der Waals surface area (Å²) in [5.74, 6) is -0.0908. The molecule has 6 nitrogen and oxygen atoms in total. The Morgan fingerprint density at radius 3 is 2.56 bits per heavy atom. The number of likely N-dealkylation sites (N-methyl/N-ethyl adjacent to an activating group) is 1. The zero-order valence-corrected chi connectivity index (χ0v) is 17.0. The van der Waals surface area contributed by atoms with Gasteiger partial charge in [-0.05, 0) is 30.5 Å². The Bertz CT molecular complexity index is 717. The third-order valence-corrected chi connectivity index (χ3v) is 4.96. The topological polar surface area (TPSA) is 63.1 Å². The largest absolute Gasteiger partial charge is 0.383 e. The lowest BCUT2D eigenvalue weighted by molar-refractivity contribution is -0.862. The maximum Gasteiger partial charge on any atom is 0.279 e. The van der Waals surface area contributed by atoms with Crippen LogP contribution in [0.1, 0.15) is 10.4 Å². The Balaban J connectivity index is 1.85. The molecular formula is C20H28N3O3S+. The summed E-state index contributed by atoms with van der Waals surface area (Å²) in [6.45, 7) is 4.09. The highest BCUT2D eigenvalue weighted by molar-refractivity contribution is 7.09. The van der Waals surface area contributed by atoms with Gasteiger partial charge in [-0.3, -0.25) is 9.59 Å². The second-order valence-corrected chi connectivity index (χ2v) is 7.64. The molecule has 0 saturated carbocycles. The van der Waals surface area contributed by atoms with Crippen molar-refractivity contribution in [3.8, 4) is 0 Å². The number of quaternary nitrogens is 1. The van der Waals surface area contributed by atoms with Gasteiger partial charge in [-0.25, -0.2) is 0 Å². The van der Waals surface area contributed by atoms with Crippen molar-refractivity contribution >= 4 is 28.8 Å². The molecule has 0 aliphatic carbocycles. The fourth-order valence-electron chi connectivity index (χ4n) is 2.63. The number of methoxy groups -OCH3 is 1. The third kappa shape index (κ3) is 7.50. The van der Waals surface area contributed by atoms with E-state index in [4.69, 9.17) is 4.74 Å². The van der Waals surface area contributed by atoms with E-state index in [2.05, 4.69) is 5.32 Å². The molecule has 2 amide bonds. The van der Waals surface area contributed by atoms with Crippen molar-refractivity contribution in [3.05, 3.63) is 52.2 Å². The van der Waals surface area contributed by atoms with Crippen LogP contribution in [0, 0.1) is 6.92 Å². The third-order valence-electron chi connectivity index (χ3n) is 4.10. The van der Waals surface area contributed by atoms with Crippen LogP contribution in [0.5, 0.6) is 0 Å². The van der Waals surface area contributed by atoms with E-state index in [-0.39, 0.29) is 24.9 Å². The molecule has 1 unspecified atom stereocenters. The van der Waals surface area contributed by atoms with Gasteiger partial charge in [-0.2, -0.15) is 0 Å². The van der Waals surface area contributed by atoms with Crippen LogP contribution < -0.4 is 10.2 Å². The fourth-order valence-corrected chi connectivity index (χ4v) is 3.35. The Kier molecular flexibility index (Phi) is 8.44. The molecule has 0 fully saturated rings.